The monoisotopic (exact) mass is 539 g/mol. The van der Waals surface area contributed by atoms with E-state index in [2.05, 4.69) is 15.3 Å². The minimum Gasteiger partial charge on any atom is -0.442 e. The number of nitro benzene ring substituents is 1. The minimum atomic E-state index is -0.599. The van der Waals surface area contributed by atoms with Crippen molar-refractivity contribution in [3.05, 3.63) is 58.2 Å². The van der Waals surface area contributed by atoms with Crippen molar-refractivity contribution in [3.8, 4) is 0 Å². The average Bonchev–Trinajstić information content (AvgIpc) is 3.51. The van der Waals surface area contributed by atoms with Crippen LogP contribution in [0.4, 0.5) is 26.2 Å². The molecule has 2 aliphatic heterocycles. The van der Waals surface area contributed by atoms with Gasteiger partial charge in [-0.05, 0) is 24.3 Å². The number of H-pyrrole nitrogens is 1. The minimum absolute atomic E-state index is 0.0898. The van der Waals surface area contributed by atoms with E-state index in [9.17, 15) is 24.5 Å². The Hall–Kier alpha value is -4.59. The number of halogens is 1. The molecule has 3 aromatic rings. The molecule has 2 saturated heterocycles. The standard InChI is InChI=1S/C25H26FN7O6/c1-15(34)27-12-18-13-32(25(36)39-18)16-3-5-22(19(26)10-16)31-8-6-30(7-9-31)14-23(35)24-28-20-4-2-17(33(37)38)11-21(20)29-24/h2-5,10-11,18H,6-9,12-14H2,1H3,(H,27,34)(H,28,29)/t18-/m0/s1. The third kappa shape index (κ3) is 5.65. The summed E-state index contributed by atoms with van der Waals surface area (Å²) in [7, 11) is 0. The Kier molecular flexibility index (Phi) is 7.11. The van der Waals surface area contributed by atoms with Gasteiger partial charge in [0.15, 0.2) is 5.82 Å². The maximum absolute atomic E-state index is 15.1. The van der Waals surface area contributed by atoms with Crippen LogP contribution in [-0.4, -0.2) is 89.5 Å². The van der Waals surface area contributed by atoms with E-state index in [1.54, 1.807) is 12.1 Å². The number of fused-ring (bicyclic) bond motifs is 1. The van der Waals surface area contributed by atoms with Crippen molar-refractivity contribution in [1.82, 2.24) is 20.2 Å². The summed E-state index contributed by atoms with van der Waals surface area (Å²) in [6.45, 7) is 3.87. The summed E-state index contributed by atoms with van der Waals surface area (Å²) in [6, 6.07) is 8.74. The van der Waals surface area contributed by atoms with Crippen molar-refractivity contribution >= 4 is 45.9 Å². The molecule has 0 radical (unpaired) electrons. The molecule has 0 aliphatic carbocycles. The number of carbonyl (C=O) groups excluding carboxylic acids is 3. The number of Topliss-reactive ketones (excluding diaryl/α,β-unsaturated/α-hetero) is 1. The second-order valence-electron chi connectivity index (χ2n) is 9.42. The highest BCUT2D eigenvalue weighted by atomic mass is 19.1. The number of cyclic esters (lactones) is 1. The number of benzene rings is 2. The highest BCUT2D eigenvalue weighted by Gasteiger charge is 2.33. The smallest absolute Gasteiger partial charge is 0.414 e. The number of carbonyl (C=O) groups is 3. The Morgan fingerprint density at radius 1 is 1.21 bits per heavy atom. The summed E-state index contributed by atoms with van der Waals surface area (Å²) in [5.41, 5.74) is 1.56. The second kappa shape index (κ2) is 10.6. The maximum Gasteiger partial charge on any atom is 0.414 e. The van der Waals surface area contributed by atoms with Crippen LogP contribution >= 0.6 is 0 Å². The number of nitro groups is 1. The van der Waals surface area contributed by atoms with Crippen LogP contribution in [0.3, 0.4) is 0 Å². The fourth-order valence-electron chi connectivity index (χ4n) is 4.68. The zero-order valence-corrected chi connectivity index (χ0v) is 21.1. The molecule has 13 nitrogen and oxygen atoms in total. The molecule has 2 aromatic carbocycles. The number of anilines is 2. The number of imidazole rings is 1. The van der Waals surface area contributed by atoms with Gasteiger partial charge in [0.25, 0.3) is 5.69 Å². The highest BCUT2D eigenvalue weighted by Crippen LogP contribution is 2.28. The van der Waals surface area contributed by atoms with Crippen LogP contribution < -0.4 is 15.1 Å². The Morgan fingerprint density at radius 3 is 2.67 bits per heavy atom. The number of hydrogen-bond donors (Lipinski definition) is 2. The van der Waals surface area contributed by atoms with Gasteiger partial charge in [-0.3, -0.25) is 29.5 Å². The SMILES string of the molecule is CC(=O)NC[C@H]1CN(c2ccc(N3CCN(CC(=O)c4nc5ccc([N+](=O)[O-])cc5[nH]4)CC3)c(F)c2)C(=O)O1. The molecule has 204 valence electrons. The third-order valence-electron chi connectivity index (χ3n) is 6.72. The molecule has 2 amide bonds. The predicted molar refractivity (Wildman–Crippen MR) is 138 cm³/mol. The van der Waals surface area contributed by atoms with E-state index in [4.69, 9.17) is 4.74 Å². The Balaban J connectivity index is 1.17. The van der Waals surface area contributed by atoms with Gasteiger partial charge in [0, 0.05) is 45.2 Å². The topological polar surface area (TPSA) is 154 Å². The Bertz CT molecular complexity index is 1450. The number of rotatable bonds is 8. The van der Waals surface area contributed by atoms with Gasteiger partial charge in [-0.2, -0.15) is 0 Å². The first-order valence-corrected chi connectivity index (χ1v) is 12.3. The van der Waals surface area contributed by atoms with E-state index in [1.807, 2.05) is 9.80 Å². The molecule has 1 aromatic heterocycles. The van der Waals surface area contributed by atoms with Crippen LogP contribution in [-0.2, 0) is 9.53 Å². The molecule has 2 fully saturated rings. The molecule has 0 spiro atoms. The molecule has 0 unspecified atom stereocenters. The summed E-state index contributed by atoms with van der Waals surface area (Å²) in [5.74, 6) is -0.819. The molecule has 39 heavy (non-hydrogen) atoms. The maximum atomic E-state index is 15.1. The number of ether oxygens (including phenoxy) is 1. The zero-order chi connectivity index (χ0) is 27.7. The summed E-state index contributed by atoms with van der Waals surface area (Å²) >= 11 is 0. The molecule has 5 rings (SSSR count). The first kappa shape index (κ1) is 26.0. The third-order valence-corrected chi connectivity index (χ3v) is 6.72. The van der Waals surface area contributed by atoms with E-state index in [0.29, 0.717) is 48.6 Å². The number of nitrogens with one attached hydrogen (secondary N) is 2. The number of aromatic amines is 1. The quantitative estimate of drug-likeness (QED) is 0.249. The first-order valence-electron chi connectivity index (χ1n) is 12.3. The van der Waals surface area contributed by atoms with Crippen LogP contribution in [0.1, 0.15) is 17.5 Å². The summed E-state index contributed by atoms with van der Waals surface area (Å²) in [4.78, 5) is 58.9. The van der Waals surface area contributed by atoms with Gasteiger partial charge >= 0.3 is 6.09 Å². The van der Waals surface area contributed by atoms with Crippen LogP contribution in [0.15, 0.2) is 36.4 Å². The fraction of sp³-hybridized carbons (Fsp3) is 0.360. The lowest BCUT2D eigenvalue weighted by molar-refractivity contribution is -0.384. The number of hydrogen-bond acceptors (Lipinski definition) is 9. The molecule has 1 atom stereocenters. The number of aromatic nitrogens is 2. The number of piperazine rings is 1. The molecule has 0 saturated carbocycles. The lowest BCUT2D eigenvalue weighted by Gasteiger charge is -2.35. The van der Waals surface area contributed by atoms with Gasteiger partial charge in [0.05, 0.1) is 47.0 Å². The molecular weight excluding hydrogens is 513 g/mol. The summed E-state index contributed by atoms with van der Waals surface area (Å²) < 4.78 is 20.3. The largest absolute Gasteiger partial charge is 0.442 e. The predicted octanol–water partition coefficient (Wildman–Crippen LogP) is 2.08. The van der Waals surface area contributed by atoms with Crippen molar-refractivity contribution in [1.29, 1.82) is 0 Å². The zero-order valence-electron chi connectivity index (χ0n) is 21.1. The fourth-order valence-corrected chi connectivity index (χ4v) is 4.68. The molecule has 3 heterocycles. The average molecular weight is 540 g/mol. The van der Waals surface area contributed by atoms with Crippen LogP contribution in [0.2, 0.25) is 0 Å². The van der Waals surface area contributed by atoms with Gasteiger partial charge in [-0.15, -0.1) is 0 Å². The van der Waals surface area contributed by atoms with Gasteiger partial charge < -0.3 is 19.9 Å². The number of amides is 2. The molecule has 2 N–H and O–H groups in total. The van der Waals surface area contributed by atoms with Crippen LogP contribution in [0.5, 0.6) is 0 Å². The Labute approximate surface area is 221 Å². The molecule has 0 bridgehead atoms. The molecule has 2 aliphatic rings. The van der Waals surface area contributed by atoms with Crippen molar-refractivity contribution in [2.75, 3.05) is 55.6 Å². The van der Waals surface area contributed by atoms with Gasteiger partial charge in [0.1, 0.15) is 11.9 Å². The molecule has 14 heteroatoms. The second-order valence-corrected chi connectivity index (χ2v) is 9.42. The van der Waals surface area contributed by atoms with Crippen LogP contribution in [0, 0.1) is 15.9 Å². The Morgan fingerprint density at radius 2 is 1.97 bits per heavy atom. The van der Waals surface area contributed by atoms with Crippen molar-refractivity contribution in [2.45, 2.75) is 13.0 Å². The first-order chi connectivity index (χ1) is 18.7. The van der Waals surface area contributed by atoms with Gasteiger partial charge in [-0.25, -0.2) is 14.2 Å². The van der Waals surface area contributed by atoms with E-state index < -0.39 is 22.9 Å². The lowest BCUT2D eigenvalue weighted by Crippen LogP contribution is -2.48. The summed E-state index contributed by atoms with van der Waals surface area (Å²) in [6.07, 6.45) is -1.11. The van der Waals surface area contributed by atoms with E-state index in [-0.39, 0.29) is 42.8 Å². The lowest BCUT2D eigenvalue weighted by atomic mass is 10.2. The van der Waals surface area contributed by atoms with Crippen molar-refractivity contribution < 1.29 is 28.4 Å². The number of nitrogens with zero attached hydrogens (tertiary/aromatic N) is 5. The number of non-ortho nitro benzene ring substituents is 1. The number of ketones is 1. The van der Waals surface area contributed by atoms with Crippen molar-refractivity contribution in [2.24, 2.45) is 0 Å². The van der Waals surface area contributed by atoms with E-state index in [1.165, 1.54) is 36.1 Å². The van der Waals surface area contributed by atoms with Crippen molar-refractivity contribution in [3.63, 3.8) is 0 Å². The van der Waals surface area contributed by atoms with E-state index >= 15 is 4.39 Å². The summed E-state index contributed by atoms with van der Waals surface area (Å²) in [5, 5.41) is 13.6. The van der Waals surface area contributed by atoms with Gasteiger partial charge in [0.2, 0.25) is 11.7 Å². The van der Waals surface area contributed by atoms with E-state index in [0.717, 1.165) is 0 Å². The van der Waals surface area contributed by atoms with Gasteiger partial charge in [-0.1, -0.05) is 0 Å². The highest BCUT2D eigenvalue weighted by molar-refractivity contribution is 5.97. The van der Waals surface area contributed by atoms with Crippen LogP contribution in [0.25, 0.3) is 11.0 Å². The normalized spacial score (nSPS) is 17.9. The molecular formula is C25H26FN7O6.